The molecule has 6 nitrogen and oxygen atoms in total. The molecule has 26 heavy (non-hydrogen) atoms. The topological polar surface area (TPSA) is 65.9 Å². The summed E-state index contributed by atoms with van der Waals surface area (Å²) in [4.78, 5) is 20.7. The SMILES string of the molecule is C[C@@H]1CN(C[C@@H](O)c2ccc(C3CC3)cn2)CCN1C(=O)OC(C)(C)C. The van der Waals surface area contributed by atoms with E-state index in [2.05, 4.69) is 16.0 Å². The Morgan fingerprint density at radius 1 is 1.35 bits per heavy atom. The number of β-amino-alcohol motifs (C(OH)–C–C–N with tert-alkyl or cyclic N) is 1. The van der Waals surface area contributed by atoms with Crippen LogP contribution in [0.1, 0.15) is 63.8 Å². The summed E-state index contributed by atoms with van der Waals surface area (Å²) in [6.45, 7) is 10.2. The van der Waals surface area contributed by atoms with Crippen molar-refractivity contribution in [1.29, 1.82) is 0 Å². The molecule has 2 heterocycles. The number of carbonyl (C=O) groups is 1. The van der Waals surface area contributed by atoms with Crippen LogP contribution >= 0.6 is 0 Å². The summed E-state index contributed by atoms with van der Waals surface area (Å²) in [5.41, 5.74) is 1.51. The van der Waals surface area contributed by atoms with Gasteiger partial charge in [0, 0.05) is 38.4 Å². The Balaban J connectivity index is 1.51. The van der Waals surface area contributed by atoms with E-state index in [1.54, 1.807) is 4.90 Å². The van der Waals surface area contributed by atoms with Crippen LogP contribution in [0.2, 0.25) is 0 Å². The summed E-state index contributed by atoms with van der Waals surface area (Å²) in [6.07, 6.45) is 3.54. The smallest absolute Gasteiger partial charge is 0.410 e. The van der Waals surface area contributed by atoms with Crippen LogP contribution in [0, 0.1) is 0 Å². The highest BCUT2D eigenvalue weighted by Gasteiger charge is 2.31. The molecular weight excluding hydrogens is 330 g/mol. The second-order valence-electron chi connectivity index (χ2n) is 8.59. The van der Waals surface area contributed by atoms with Crippen molar-refractivity contribution in [3.05, 3.63) is 29.6 Å². The van der Waals surface area contributed by atoms with E-state index in [-0.39, 0.29) is 12.1 Å². The molecule has 1 aliphatic carbocycles. The molecule has 1 saturated heterocycles. The van der Waals surface area contributed by atoms with Gasteiger partial charge in [-0.2, -0.15) is 0 Å². The zero-order valence-electron chi connectivity index (χ0n) is 16.3. The van der Waals surface area contributed by atoms with Gasteiger partial charge in [0.2, 0.25) is 0 Å². The minimum atomic E-state index is -0.608. The van der Waals surface area contributed by atoms with Crippen molar-refractivity contribution in [1.82, 2.24) is 14.8 Å². The van der Waals surface area contributed by atoms with Crippen LogP contribution < -0.4 is 0 Å². The molecule has 1 aromatic heterocycles. The van der Waals surface area contributed by atoms with Crippen LogP contribution in [0.4, 0.5) is 4.79 Å². The Morgan fingerprint density at radius 2 is 2.08 bits per heavy atom. The Hall–Kier alpha value is -1.66. The quantitative estimate of drug-likeness (QED) is 0.893. The predicted molar refractivity (Wildman–Crippen MR) is 100 cm³/mol. The monoisotopic (exact) mass is 361 g/mol. The van der Waals surface area contributed by atoms with Crippen LogP contribution in [0.5, 0.6) is 0 Å². The zero-order chi connectivity index (χ0) is 18.9. The highest BCUT2D eigenvalue weighted by Crippen LogP contribution is 2.39. The minimum absolute atomic E-state index is 0.0519. The van der Waals surface area contributed by atoms with Crippen molar-refractivity contribution in [3.8, 4) is 0 Å². The Morgan fingerprint density at radius 3 is 2.62 bits per heavy atom. The van der Waals surface area contributed by atoms with Crippen molar-refractivity contribution in [2.75, 3.05) is 26.2 Å². The maximum atomic E-state index is 12.3. The summed E-state index contributed by atoms with van der Waals surface area (Å²) in [7, 11) is 0. The molecule has 1 N–H and O–H groups in total. The van der Waals surface area contributed by atoms with Gasteiger partial charge in [0.25, 0.3) is 0 Å². The largest absolute Gasteiger partial charge is 0.444 e. The van der Waals surface area contributed by atoms with Crippen LogP contribution in [0.25, 0.3) is 0 Å². The van der Waals surface area contributed by atoms with Gasteiger partial charge >= 0.3 is 6.09 Å². The number of rotatable bonds is 4. The number of aliphatic hydroxyl groups is 1. The van der Waals surface area contributed by atoms with Crippen molar-refractivity contribution in [2.24, 2.45) is 0 Å². The van der Waals surface area contributed by atoms with Crippen LogP contribution in [0.15, 0.2) is 18.3 Å². The average molecular weight is 361 g/mol. The molecule has 2 atom stereocenters. The summed E-state index contributed by atoms with van der Waals surface area (Å²) >= 11 is 0. The zero-order valence-corrected chi connectivity index (χ0v) is 16.3. The molecule has 0 bridgehead atoms. The first-order chi connectivity index (χ1) is 12.2. The maximum absolute atomic E-state index is 12.3. The van der Waals surface area contributed by atoms with Crippen molar-refractivity contribution < 1.29 is 14.6 Å². The van der Waals surface area contributed by atoms with Crippen LogP contribution in [0.3, 0.4) is 0 Å². The Kier molecular flexibility index (Phi) is 5.53. The fourth-order valence-corrected chi connectivity index (χ4v) is 3.40. The van der Waals surface area contributed by atoms with Gasteiger partial charge in [-0.1, -0.05) is 6.07 Å². The molecule has 1 amide bonds. The molecule has 0 unspecified atom stereocenters. The number of amides is 1. The predicted octanol–water partition coefficient (Wildman–Crippen LogP) is 2.93. The Bertz CT molecular complexity index is 622. The fourth-order valence-electron chi connectivity index (χ4n) is 3.40. The molecule has 2 aliphatic rings. The number of ether oxygens (including phenoxy) is 1. The number of nitrogens with zero attached hydrogens (tertiary/aromatic N) is 3. The van der Waals surface area contributed by atoms with Crippen molar-refractivity contribution in [3.63, 3.8) is 0 Å². The fraction of sp³-hybridized carbons (Fsp3) is 0.700. The Labute approximate surface area is 156 Å². The van der Waals surface area contributed by atoms with E-state index in [9.17, 15) is 9.90 Å². The number of carbonyl (C=O) groups excluding carboxylic acids is 1. The summed E-state index contributed by atoms with van der Waals surface area (Å²) in [5.74, 6) is 0.676. The summed E-state index contributed by atoms with van der Waals surface area (Å²) in [5, 5.41) is 10.5. The van der Waals surface area contributed by atoms with Gasteiger partial charge < -0.3 is 14.7 Å². The van der Waals surface area contributed by atoms with Gasteiger partial charge in [-0.05, 0) is 58.1 Å². The summed E-state index contributed by atoms with van der Waals surface area (Å²) in [6, 6.07) is 4.08. The van der Waals surface area contributed by atoms with E-state index in [0.29, 0.717) is 19.0 Å². The lowest BCUT2D eigenvalue weighted by atomic mass is 10.1. The van der Waals surface area contributed by atoms with Crippen LogP contribution in [-0.2, 0) is 4.74 Å². The average Bonchev–Trinajstić information content (AvgIpc) is 3.38. The van der Waals surface area contributed by atoms with E-state index in [4.69, 9.17) is 4.74 Å². The highest BCUT2D eigenvalue weighted by atomic mass is 16.6. The molecule has 0 spiro atoms. The summed E-state index contributed by atoms with van der Waals surface area (Å²) < 4.78 is 5.48. The lowest BCUT2D eigenvalue weighted by molar-refractivity contribution is -0.00445. The van der Waals surface area contributed by atoms with Crippen molar-refractivity contribution in [2.45, 2.75) is 64.2 Å². The van der Waals surface area contributed by atoms with E-state index in [1.807, 2.05) is 40.0 Å². The third kappa shape index (κ3) is 4.95. The lowest BCUT2D eigenvalue weighted by Crippen LogP contribution is -2.55. The number of aromatic nitrogens is 1. The molecule has 6 heteroatoms. The van der Waals surface area contributed by atoms with E-state index in [1.165, 1.54) is 18.4 Å². The molecule has 1 aliphatic heterocycles. The molecule has 1 aromatic rings. The number of hydrogen-bond donors (Lipinski definition) is 1. The van der Waals surface area contributed by atoms with Gasteiger partial charge in [-0.15, -0.1) is 0 Å². The van der Waals surface area contributed by atoms with Gasteiger partial charge in [0.1, 0.15) is 11.7 Å². The molecule has 3 rings (SSSR count). The minimum Gasteiger partial charge on any atom is -0.444 e. The van der Waals surface area contributed by atoms with Gasteiger partial charge in [0.15, 0.2) is 0 Å². The third-order valence-corrected chi connectivity index (χ3v) is 4.97. The highest BCUT2D eigenvalue weighted by molar-refractivity contribution is 5.68. The first kappa shape index (κ1) is 19.1. The molecule has 0 radical (unpaired) electrons. The van der Waals surface area contributed by atoms with E-state index >= 15 is 0 Å². The molecule has 0 aromatic carbocycles. The first-order valence-corrected chi connectivity index (χ1v) is 9.59. The molecule has 1 saturated carbocycles. The number of pyridine rings is 1. The second kappa shape index (κ2) is 7.53. The van der Waals surface area contributed by atoms with E-state index < -0.39 is 11.7 Å². The van der Waals surface area contributed by atoms with Crippen molar-refractivity contribution >= 4 is 6.09 Å². The van der Waals surface area contributed by atoms with Crippen LogP contribution in [-0.4, -0.2) is 63.8 Å². The lowest BCUT2D eigenvalue weighted by Gasteiger charge is -2.40. The molecule has 2 fully saturated rings. The number of aliphatic hydroxyl groups excluding tert-OH is 1. The number of piperazine rings is 1. The number of hydrogen-bond acceptors (Lipinski definition) is 5. The third-order valence-electron chi connectivity index (χ3n) is 4.97. The van der Waals surface area contributed by atoms with E-state index in [0.717, 1.165) is 18.8 Å². The molecular formula is C20H31N3O3. The molecule has 144 valence electrons. The normalized spacial score (nSPS) is 23.0. The van der Waals surface area contributed by atoms with Gasteiger partial charge in [0.05, 0.1) is 5.69 Å². The first-order valence-electron chi connectivity index (χ1n) is 9.59. The van der Waals surface area contributed by atoms with Gasteiger partial charge in [-0.25, -0.2) is 4.79 Å². The second-order valence-corrected chi connectivity index (χ2v) is 8.59. The standard InChI is InChI=1S/C20H31N3O3/c1-14-12-22(9-10-23(14)19(25)26-20(2,3)4)13-18(24)17-8-7-16(11-21-17)15-5-6-15/h7-8,11,14-15,18,24H,5-6,9-10,12-13H2,1-4H3/t14-,18-/m1/s1. The van der Waals surface area contributed by atoms with Gasteiger partial charge in [-0.3, -0.25) is 9.88 Å². The maximum Gasteiger partial charge on any atom is 0.410 e.